The summed E-state index contributed by atoms with van der Waals surface area (Å²) in [5, 5.41) is 3.46. The van der Waals surface area contributed by atoms with E-state index in [2.05, 4.69) is 5.32 Å². The van der Waals surface area contributed by atoms with Crippen LogP contribution in [0, 0.1) is 0 Å². The maximum Gasteiger partial charge on any atom is 0.341 e. The molecular formula is C21H25NO5S. The fraction of sp³-hybridized carbons (Fsp3) is 0.429. The first-order valence-corrected chi connectivity index (χ1v) is 10.2. The zero-order valence-corrected chi connectivity index (χ0v) is 17.2. The fourth-order valence-corrected chi connectivity index (χ4v) is 4.71. The van der Waals surface area contributed by atoms with Crippen LogP contribution >= 0.6 is 11.3 Å². The minimum Gasteiger partial charge on any atom is -0.497 e. The van der Waals surface area contributed by atoms with Crippen LogP contribution in [0.2, 0.25) is 0 Å². The molecule has 0 spiro atoms. The van der Waals surface area contributed by atoms with E-state index in [9.17, 15) is 9.59 Å². The number of hydrogen-bond donors (Lipinski definition) is 1. The van der Waals surface area contributed by atoms with Gasteiger partial charge >= 0.3 is 5.97 Å². The van der Waals surface area contributed by atoms with Gasteiger partial charge in [-0.3, -0.25) is 4.79 Å². The Morgan fingerprint density at radius 1 is 0.929 bits per heavy atom. The molecule has 1 aromatic carbocycles. The van der Waals surface area contributed by atoms with E-state index in [0.717, 1.165) is 37.7 Å². The number of methoxy groups -OCH3 is 3. The number of amides is 1. The van der Waals surface area contributed by atoms with Crippen molar-refractivity contribution in [1.29, 1.82) is 0 Å². The van der Waals surface area contributed by atoms with Gasteiger partial charge in [0, 0.05) is 16.5 Å². The summed E-state index contributed by atoms with van der Waals surface area (Å²) >= 11 is 1.48. The number of carbonyl (C=O) groups is 2. The van der Waals surface area contributed by atoms with Gasteiger partial charge in [-0.1, -0.05) is 12.8 Å². The minimum absolute atomic E-state index is 0.323. The lowest BCUT2D eigenvalue weighted by atomic mass is 9.96. The second-order valence-electron chi connectivity index (χ2n) is 6.67. The van der Waals surface area contributed by atoms with Gasteiger partial charge in [0.1, 0.15) is 16.5 Å². The molecule has 1 aromatic heterocycles. The van der Waals surface area contributed by atoms with Crippen LogP contribution in [-0.4, -0.2) is 33.2 Å². The molecule has 28 heavy (non-hydrogen) atoms. The van der Waals surface area contributed by atoms with Crippen molar-refractivity contribution in [1.82, 2.24) is 0 Å². The monoisotopic (exact) mass is 403 g/mol. The van der Waals surface area contributed by atoms with E-state index in [-0.39, 0.29) is 5.91 Å². The number of benzene rings is 1. The van der Waals surface area contributed by atoms with Crippen molar-refractivity contribution in [3.8, 4) is 11.5 Å². The van der Waals surface area contributed by atoms with Crippen LogP contribution in [0.4, 0.5) is 5.00 Å². The summed E-state index contributed by atoms with van der Waals surface area (Å²) < 4.78 is 15.5. The van der Waals surface area contributed by atoms with Crippen molar-refractivity contribution >= 4 is 28.2 Å². The molecule has 0 unspecified atom stereocenters. The van der Waals surface area contributed by atoms with E-state index in [0.29, 0.717) is 27.6 Å². The van der Waals surface area contributed by atoms with Gasteiger partial charge in [0.25, 0.3) is 5.91 Å². The predicted molar refractivity (Wildman–Crippen MR) is 109 cm³/mol. The summed E-state index contributed by atoms with van der Waals surface area (Å²) in [5.41, 5.74) is 1.91. The number of nitrogens with one attached hydrogen (secondary N) is 1. The lowest BCUT2D eigenvalue weighted by molar-refractivity contribution is 0.0601. The van der Waals surface area contributed by atoms with Gasteiger partial charge in [0.05, 0.1) is 26.9 Å². The Labute approximate surface area is 168 Å². The molecule has 0 atom stereocenters. The summed E-state index contributed by atoms with van der Waals surface area (Å²) in [6.07, 6.45) is 6.23. The van der Waals surface area contributed by atoms with Crippen molar-refractivity contribution in [2.24, 2.45) is 0 Å². The number of thiophene rings is 1. The van der Waals surface area contributed by atoms with Gasteiger partial charge in [-0.15, -0.1) is 11.3 Å². The highest BCUT2D eigenvalue weighted by atomic mass is 32.1. The van der Waals surface area contributed by atoms with E-state index in [4.69, 9.17) is 14.2 Å². The number of ether oxygens (including phenoxy) is 3. The maximum absolute atomic E-state index is 12.9. The maximum atomic E-state index is 12.9. The summed E-state index contributed by atoms with van der Waals surface area (Å²) in [7, 11) is 4.43. The van der Waals surface area contributed by atoms with Crippen molar-refractivity contribution in [2.75, 3.05) is 26.6 Å². The molecule has 7 heteroatoms. The van der Waals surface area contributed by atoms with E-state index < -0.39 is 5.97 Å². The van der Waals surface area contributed by atoms with Crippen molar-refractivity contribution in [3.05, 3.63) is 39.8 Å². The van der Waals surface area contributed by atoms with Crippen molar-refractivity contribution < 1.29 is 23.8 Å². The van der Waals surface area contributed by atoms with Crippen LogP contribution in [0.15, 0.2) is 18.2 Å². The minimum atomic E-state index is -0.406. The number of rotatable bonds is 5. The molecule has 0 aliphatic heterocycles. The third-order valence-corrected chi connectivity index (χ3v) is 6.11. The SMILES string of the molecule is COC(=O)c1c(NC(=O)c2cc(OC)cc(OC)c2)sc2c1CCCCCC2. The number of esters is 1. The Morgan fingerprint density at radius 3 is 2.18 bits per heavy atom. The number of anilines is 1. The van der Waals surface area contributed by atoms with Crippen LogP contribution in [0.3, 0.4) is 0 Å². The molecule has 2 aromatic rings. The Morgan fingerprint density at radius 2 is 1.57 bits per heavy atom. The highest BCUT2D eigenvalue weighted by Gasteiger charge is 2.26. The second kappa shape index (κ2) is 9.10. The van der Waals surface area contributed by atoms with Gasteiger partial charge in [-0.05, 0) is 43.4 Å². The predicted octanol–water partition coefficient (Wildman–Crippen LogP) is 4.46. The van der Waals surface area contributed by atoms with E-state index >= 15 is 0 Å². The molecule has 3 rings (SSSR count). The molecule has 6 nitrogen and oxygen atoms in total. The number of hydrogen-bond acceptors (Lipinski definition) is 6. The average Bonchev–Trinajstić information content (AvgIpc) is 3.02. The van der Waals surface area contributed by atoms with Crippen LogP contribution in [0.25, 0.3) is 0 Å². The number of aryl methyl sites for hydroxylation is 1. The Bertz CT molecular complexity index is 852. The summed E-state index contributed by atoms with van der Waals surface area (Å²) in [5.74, 6) is 0.320. The normalized spacial score (nSPS) is 13.7. The van der Waals surface area contributed by atoms with E-state index in [1.807, 2.05) is 0 Å². The molecule has 1 amide bonds. The molecule has 1 heterocycles. The lowest BCUT2D eigenvalue weighted by Crippen LogP contribution is -2.15. The lowest BCUT2D eigenvalue weighted by Gasteiger charge is -2.11. The largest absolute Gasteiger partial charge is 0.497 e. The van der Waals surface area contributed by atoms with Crippen molar-refractivity contribution in [3.63, 3.8) is 0 Å². The molecule has 1 aliphatic rings. The van der Waals surface area contributed by atoms with Gasteiger partial charge in [-0.2, -0.15) is 0 Å². The van der Waals surface area contributed by atoms with Gasteiger partial charge in [0.15, 0.2) is 0 Å². The van der Waals surface area contributed by atoms with Gasteiger partial charge in [0.2, 0.25) is 0 Å². The zero-order chi connectivity index (χ0) is 20.1. The topological polar surface area (TPSA) is 73.9 Å². The third kappa shape index (κ3) is 4.30. The standard InChI is InChI=1S/C21H25NO5S/c1-25-14-10-13(11-15(12-14)26-2)19(23)22-20-18(21(24)27-3)16-8-6-4-5-7-9-17(16)28-20/h10-12H,4-9H2,1-3H3,(H,22,23). The first-order valence-electron chi connectivity index (χ1n) is 9.34. The van der Waals surface area contributed by atoms with Gasteiger partial charge in [-0.25, -0.2) is 4.79 Å². The molecule has 1 aliphatic carbocycles. The van der Waals surface area contributed by atoms with Crippen LogP contribution < -0.4 is 14.8 Å². The quantitative estimate of drug-likeness (QED) is 0.746. The van der Waals surface area contributed by atoms with Crippen LogP contribution in [0.5, 0.6) is 11.5 Å². The molecule has 1 N–H and O–H groups in total. The van der Waals surface area contributed by atoms with Crippen LogP contribution in [-0.2, 0) is 17.6 Å². The molecule has 0 saturated carbocycles. The molecule has 150 valence electrons. The van der Waals surface area contributed by atoms with Gasteiger partial charge < -0.3 is 19.5 Å². The Balaban J connectivity index is 1.96. The molecular weight excluding hydrogens is 378 g/mol. The highest BCUT2D eigenvalue weighted by molar-refractivity contribution is 7.17. The first-order chi connectivity index (χ1) is 13.6. The molecule has 0 fully saturated rings. The summed E-state index contributed by atoms with van der Waals surface area (Å²) in [4.78, 5) is 26.5. The average molecular weight is 404 g/mol. The van der Waals surface area contributed by atoms with E-state index in [1.165, 1.54) is 44.0 Å². The summed E-state index contributed by atoms with van der Waals surface area (Å²) in [6.45, 7) is 0. The summed E-state index contributed by atoms with van der Waals surface area (Å²) in [6, 6.07) is 4.98. The first kappa shape index (κ1) is 20.2. The number of carbonyl (C=O) groups excluding carboxylic acids is 2. The third-order valence-electron chi connectivity index (χ3n) is 4.90. The zero-order valence-electron chi connectivity index (χ0n) is 16.4. The Hall–Kier alpha value is -2.54. The van der Waals surface area contributed by atoms with Crippen LogP contribution in [0.1, 0.15) is 56.8 Å². The fourth-order valence-electron chi connectivity index (χ4n) is 3.44. The Kier molecular flexibility index (Phi) is 6.57. The van der Waals surface area contributed by atoms with E-state index in [1.54, 1.807) is 18.2 Å². The molecule has 0 radical (unpaired) electrons. The number of fused-ring (bicyclic) bond motifs is 1. The second-order valence-corrected chi connectivity index (χ2v) is 7.77. The van der Waals surface area contributed by atoms with Crippen molar-refractivity contribution in [2.45, 2.75) is 38.5 Å². The smallest absolute Gasteiger partial charge is 0.341 e. The molecule has 0 bridgehead atoms. The highest BCUT2D eigenvalue weighted by Crippen LogP contribution is 2.38. The molecule has 0 saturated heterocycles.